The molecule has 10 nitrogen and oxygen atoms in total. The van der Waals surface area contributed by atoms with Gasteiger partial charge in [0.05, 0.1) is 32.3 Å². The van der Waals surface area contributed by atoms with Crippen molar-refractivity contribution in [2.45, 2.75) is 68.2 Å². The van der Waals surface area contributed by atoms with E-state index in [4.69, 9.17) is 4.74 Å². The van der Waals surface area contributed by atoms with E-state index in [2.05, 4.69) is 19.4 Å². The maximum Gasteiger partial charge on any atom is 0.335 e. The molecule has 2 aromatic rings. The number of hydrogen-bond donors (Lipinski definition) is 2. The second kappa shape index (κ2) is 8.24. The predicted octanol–water partition coefficient (Wildman–Crippen LogP) is 1.94. The van der Waals surface area contributed by atoms with Crippen molar-refractivity contribution in [2.75, 3.05) is 7.11 Å². The lowest BCUT2D eigenvalue weighted by atomic mass is 10.2. The Kier molecular flexibility index (Phi) is 5.77. The van der Waals surface area contributed by atoms with Crippen LogP contribution in [0.15, 0.2) is 37.9 Å². The summed E-state index contributed by atoms with van der Waals surface area (Å²) in [6.07, 6.45) is 1.04. The van der Waals surface area contributed by atoms with Gasteiger partial charge in [0, 0.05) is 19.2 Å². The van der Waals surface area contributed by atoms with Gasteiger partial charge in [0.2, 0.25) is 16.4 Å². The summed E-state index contributed by atoms with van der Waals surface area (Å²) in [4.78, 5) is 22.7. The van der Waals surface area contributed by atoms with E-state index >= 15 is 0 Å². The highest BCUT2D eigenvalue weighted by atomic mass is 32.2. The molecule has 0 amide bonds. The van der Waals surface area contributed by atoms with Crippen molar-refractivity contribution < 1.29 is 13.2 Å². The van der Waals surface area contributed by atoms with Crippen LogP contribution >= 0.6 is 23.7 Å². The lowest BCUT2D eigenvalue weighted by Crippen LogP contribution is -2.34. The Morgan fingerprint density at radius 3 is 2.67 bits per heavy atom. The van der Waals surface area contributed by atoms with Gasteiger partial charge in [-0.15, -0.1) is 11.8 Å². The third-order valence-electron chi connectivity index (χ3n) is 6.09. The highest BCUT2D eigenvalue weighted by molar-refractivity contribution is 8.14. The Hall–Kier alpha value is -1.64. The van der Waals surface area contributed by atoms with E-state index in [0.717, 1.165) is 17.9 Å². The van der Waals surface area contributed by atoms with Gasteiger partial charge >= 0.3 is 5.69 Å². The molecule has 1 aliphatic carbocycles. The molecule has 1 aromatic carbocycles. The van der Waals surface area contributed by atoms with Gasteiger partial charge in [0.1, 0.15) is 0 Å². The Morgan fingerprint density at radius 2 is 2.06 bits per heavy atom. The number of aromatic nitrogens is 2. The van der Waals surface area contributed by atoms with Crippen molar-refractivity contribution in [3.05, 3.63) is 28.7 Å². The van der Waals surface area contributed by atoms with Crippen LogP contribution in [-0.2, 0) is 21.3 Å². The maximum absolute atomic E-state index is 13.6. The molecule has 0 radical (unpaired) electrons. The number of fused-ring (bicyclic) bond motifs is 1. The molecule has 2 aliphatic heterocycles. The van der Waals surface area contributed by atoms with Gasteiger partial charge in [-0.2, -0.15) is 0 Å². The Bertz CT molecular complexity index is 1340. The molecule has 1 aromatic heterocycles. The first-order valence-electron chi connectivity index (χ1n) is 10.6. The van der Waals surface area contributed by atoms with E-state index in [1.165, 1.54) is 23.6 Å². The molecule has 1 saturated carbocycles. The molecule has 3 atom stereocenters. The quantitative estimate of drug-likeness (QED) is 0.570. The van der Waals surface area contributed by atoms with Gasteiger partial charge in [-0.25, -0.2) is 32.2 Å². The Morgan fingerprint density at radius 1 is 1.30 bits per heavy atom. The summed E-state index contributed by atoms with van der Waals surface area (Å²) in [6, 6.07) is 4.90. The molecule has 5 rings (SSSR count). The minimum atomic E-state index is -3.73. The van der Waals surface area contributed by atoms with Crippen molar-refractivity contribution in [2.24, 2.45) is 9.98 Å². The van der Waals surface area contributed by atoms with Gasteiger partial charge < -0.3 is 4.74 Å². The van der Waals surface area contributed by atoms with Crippen LogP contribution in [0, 0.1) is 0 Å². The third-order valence-corrected chi connectivity index (χ3v) is 9.81. The van der Waals surface area contributed by atoms with Gasteiger partial charge in [0.25, 0.3) is 0 Å². The number of hydrogen-bond acceptors (Lipinski definition) is 9. The van der Waals surface area contributed by atoms with Crippen LogP contribution in [0.3, 0.4) is 0 Å². The monoisotopic (exact) mass is 510 g/mol. The number of methoxy groups -OCH3 is 1. The second-order valence-electron chi connectivity index (χ2n) is 8.81. The molecule has 3 unspecified atom stereocenters. The number of benzene rings is 1. The molecule has 3 aliphatic rings. The lowest BCUT2D eigenvalue weighted by Gasteiger charge is -2.14. The fourth-order valence-electron chi connectivity index (χ4n) is 3.99. The summed E-state index contributed by atoms with van der Waals surface area (Å²) >= 11 is 2.84. The number of nitrogens with one attached hydrogen (secondary N) is 2. The minimum absolute atomic E-state index is 0.0844. The molecular weight excluding hydrogens is 484 g/mol. The summed E-state index contributed by atoms with van der Waals surface area (Å²) in [5.74, 6) is 0. The zero-order valence-corrected chi connectivity index (χ0v) is 21.2. The van der Waals surface area contributed by atoms with Crippen molar-refractivity contribution in [1.29, 1.82) is 0 Å². The summed E-state index contributed by atoms with van der Waals surface area (Å²) in [7, 11) is -2.21. The van der Waals surface area contributed by atoms with Gasteiger partial charge in [-0.3, -0.25) is 9.56 Å². The Balaban J connectivity index is 1.62. The number of ether oxygens (including phenoxy) is 1. The number of nitrogens with zero attached hydrogens (tertiary/aromatic N) is 4. The molecule has 3 heterocycles. The molecule has 0 spiro atoms. The summed E-state index contributed by atoms with van der Waals surface area (Å²) in [6.45, 7) is 6.35. The molecular formula is C20H26N6O4S3. The zero-order chi connectivity index (χ0) is 23.5. The third kappa shape index (κ3) is 4.30. The molecule has 178 valence electrons. The summed E-state index contributed by atoms with van der Waals surface area (Å²) in [5, 5.41) is 1.52. The largest absolute Gasteiger partial charge is 0.346 e. The van der Waals surface area contributed by atoms with Crippen LogP contribution in [0.5, 0.6) is 0 Å². The standard InChI is InChI=1S/C20H26N6O4S3/c1-11-16(31-12(2)21-11)10-25-14-6-5-13(33(28,29)24-20(3)7-8-20)9-15(14)26(19(25)27)18-22-17(30-4)23-32-18/h5-6,9,11,16-17,23-24H,7-8,10H2,1-4H3. The second-order valence-corrected chi connectivity index (χ2v) is 12.7. The van der Waals surface area contributed by atoms with Crippen molar-refractivity contribution in [3.63, 3.8) is 0 Å². The first-order valence-corrected chi connectivity index (χ1v) is 13.8. The Labute approximate surface area is 200 Å². The van der Waals surface area contributed by atoms with Crippen molar-refractivity contribution >= 4 is 55.0 Å². The number of imidazole rings is 1. The topological polar surface area (TPSA) is 119 Å². The van der Waals surface area contributed by atoms with Crippen LogP contribution in [0.2, 0.25) is 0 Å². The van der Waals surface area contributed by atoms with E-state index in [1.807, 2.05) is 20.8 Å². The average molecular weight is 511 g/mol. The maximum atomic E-state index is 13.6. The van der Waals surface area contributed by atoms with Crippen molar-refractivity contribution in [3.8, 4) is 0 Å². The fraction of sp³-hybridized carbons (Fsp3) is 0.550. The first kappa shape index (κ1) is 23.1. The molecule has 1 fully saturated rings. The van der Waals surface area contributed by atoms with E-state index in [-0.39, 0.29) is 21.9 Å². The van der Waals surface area contributed by atoms with Crippen LogP contribution in [0.1, 0.15) is 33.6 Å². The minimum Gasteiger partial charge on any atom is -0.346 e. The number of thioether (sulfide) groups is 1. The van der Waals surface area contributed by atoms with E-state index in [1.54, 1.807) is 34.5 Å². The summed E-state index contributed by atoms with van der Waals surface area (Å²) in [5.41, 5.74) is 0.470. The molecule has 0 saturated heterocycles. The van der Waals surface area contributed by atoms with E-state index < -0.39 is 21.9 Å². The summed E-state index contributed by atoms with van der Waals surface area (Å²) < 4.78 is 40.2. The first-order chi connectivity index (χ1) is 15.6. The smallest absolute Gasteiger partial charge is 0.335 e. The van der Waals surface area contributed by atoms with Crippen molar-refractivity contribution in [1.82, 2.24) is 18.6 Å². The number of rotatable bonds is 6. The predicted molar refractivity (Wildman–Crippen MR) is 132 cm³/mol. The molecule has 0 bridgehead atoms. The zero-order valence-electron chi connectivity index (χ0n) is 18.7. The number of aliphatic imine (C=N–C) groups is 2. The van der Waals surface area contributed by atoms with Crippen LogP contribution in [-0.4, -0.2) is 58.1 Å². The average Bonchev–Trinajstić information content (AvgIpc) is 3.08. The van der Waals surface area contributed by atoms with Crippen LogP contribution < -0.4 is 15.1 Å². The fourth-order valence-corrected chi connectivity index (χ4v) is 7.39. The van der Waals surface area contributed by atoms with E-state index in [0.29, 0.717) is 22.7 Å². The molecule has 33 heavy (non-hydrogen) atoms. The van der Waals surface area contributed by atoms with Gasteiger partial charge in [-0.1, -0.05) is 0 Å². The highest BCUT2D eigenvalue weighted by Crippen LogP contribution is 2.36. The van der Waals surface area contributed by atoms with Crippen LogP contribution in [0.25, 0.3) is 11.0 Å². The van der Waals surface area contributed by atoms with E-state index in [9.17, 15) is 13.2 Å². The lowest BCUT2D eigenvalue weighted by molar-refractivity contribution is 0.107. The van der Waals surface area contributed by atoms with Gasteiger partial charge in [0.15, 0.2) is 5.17 Å². The number of sulfonamides is 1. The normalized spacial score (nSPS) is 26.6. The highest BCUT2D eigenvalue weighted by Gasteiger charge is 2.41. The van der Waals surface area contributed by atoms with Gasteiger partial charge in [-0.05, 0) is 63.8 Å². The van der Waals surface area contributed by atoms with Crippen LogP contribution in [0.4, 0.5) is 0 Å². The molecule has 13 heteroatoms. The molecule has 2 N–H and O–H groups in total. The SMILES string of the molecule is COC1N=C(n2c(=O)n(CC3SC(C)=NC3C)c3ccc(S(=O)(=O)NC4(C)CC4)cc32)SN1.